The van der Waals surface area contributed by atoms with Crippen molar-refractivity contribution in [3.63, 3.8) is 0 Å². The van der Waals surface area contributed by atoms with Crippen molar-refractivity contribution in [2.24, 2.45) is 0 Å². The summed E-state index contributed by atoms with van der Waals surface area (Å²) >= 11 is 0. The van der Waals surface area contributed by atoms with Gasteiger partial charge in [0, 0.05) is 22.9 Å². The average molecular weight is 417 g/mol. The maximum Gasteiger partial charge on any atom is 0.272 e. The zero-order valence-electron chi connectivity index (χ0n) is 17.1. The molecule has 0 fully saturated rings. The van der Waals surface area contributed by atoms with Gasteiger partial charge < -0.3 is 14.8 Å². The van der Waals surface area contributed by atoms with E-state index in [1.54, 1.807) is 19.1 Å². The molecule has 0 spiro atoms. The van der Waals surface area contributed by atoms with Crippen molar-refractivity contribution < 1.29 is 19.2 Å². The second-order valence-electron chi connectivity index (χ2n) is 7.39. The molecule has 0 saturated carbocycles. The van der Waals surface area contributed by atoms with E-state index in [0.717, 1.165) is 11.1 Å². The summed E-state index contributed by atoms with van der Waals surface area (Å²) in [5.41, 5.74) is 4.69. The number of nitrogens with zero attached hydrogens (tertiary/aromatic N) is 2. The average Bonchev–Trinajstić information content (AvgIpc) is 3.13. The Morgan fingerprint density at radius 3 is 2.55 bits per heavy atom. The van der Waals surface area contributed by atoms with E-state index in [1.807, 2.05) is 26.0 Å². The van der Waals surface area contributed by atoms with Crippen molar-refractivity contribution in [1.29, 1.82) is 0 Å². The molecular weight excluding hydrogens is 398 g/mol. The van der Waals surface area contributed by atoms with Gasteiger partial charge in [0.2, 0.25) is 5.89 Å². The smallest absolute Gasteiger partial charge is 0.272 e. The van der Waals surface area contributed by atoms with Crippen LogP contribution in [0.25, 0.3) is 22.6 Å². The second kappa shape index (κ2) is 7.56. The van der Waals surface area contributed by atoms with E-state index in [0.29, 0.717) is 27.9 Å². The Bertz CT molecular complexity index is 1360. The number of aryl methyl sites for hydroxylation is 3. The summed E-state index contributed by atoms with van der Waals surface area (Å²) < 4.78 is 5.87. The number of carbonyl (C=O) groups excluding carboxylic acids is 1. The van der Waals surface area contributed by atoms with Crippen LogP contribution in [0.4, 0.5) is 11.4 Å². The number of carbonyl (C=O) groups is 1. The lowest BCUT2D eigenvalue weighted by Crippen LogP contribution is -2.12. The number of nitro groups is 1. The van der Waals surface area contributed by atoms with Crippen molar-refractivity contribution in [2.75, 3.05) is 5.32 Å². The summed E-state index contributed by atoms with van der Waals surface area (Å²) in [6.07, 6.45) is 0. The lowest BCUT2D eigenvalue weighted by Gasteiger charge is -2.08. The maximum absolute atomic E-state index is 12.6. The monoisotopic (exact) mass is 417 g/mol. The Balaban J connectivity index is 1.65. The molecule has 0 unspecified atom stereocenters. The molecule has 0 bridgehead atoms. The predicted molar refractivity (Wildman–Crippen MR) is 116 cm³/mol. The number of aromatic hydroxyl groups is 1. The van der Waals surface area contributed by atoms with Crippen LogP contribution >= 0.6 is 0 Å². The van der Waals surface area contributed by atoms with E-state index in [2.05, 4.69) is 10.3 Å². The van der Waals surface area contributed by atoms with Crippen LogP contribution in [0.15, 0.2) is 52.9 Å². The molecular formula is C23H19N3O5. The Hall–Kier alpha value is -4.20. The normalized spacial score (nSPS) is 10.9. The number of benzene rings is 3. The zero-order valence-corrected chi connectivity index (χ0v) is 17.1. The van der Waals surface area contributed by atoms with Gasteiger partial charge in [-0.2, -0.15) is 0 Å². The fourth-order valence-electron chi connectivity index (χ4n) is 3.48. The van der Waals surface area contributed by atoms with Crippen LogP contribution in [0.1, 0.15) is 27.0 Å². The molecule has 4 aromatic rings. The number of fused-ring (bicyclic) bond motifs is 1. The molecule has 0 aliphatic rings. The summed E-state index contributed by atoms with van der Waals surface area (Å²) in [6, 6.07) is 12.6. The molecule has 0 aliphatic carbocycles. The van der Waals surface area contributed by atoms with Crippen molar-refractivity contribution in [1.82, 2.24) is 4.98 Å². The quantitative estimate of drug-likeness (QED) is 0.265. The maximum atomic E-state index is 12.6. The molecule has 0 aliphatic heterocycles. The molecule has 8 heteroatoms. The molecule has 156 valence electrons. The van der Waals surface area contributed by atoms with E-state index >= 15 is 0 Å². The summed E-state index contributed by atoms with van der Waals surface area (Å²) in [7, 11) is 0. The van der Waals surface area contributed by atoms with Crippen LogP contribution in [0.2, 0.25) is 0 Å². The van der Waals surface area contributed by atoms with Crippen LogP contribution in [-0.4, -0.2) is 20.9 Å². The molecule has 3 aromatic carbocycles. The number of amides is 1. The first kappa shape index (κ1) is 20.1. The first-order valence-electron chi connectivity index (χ1n) is 9.50. The minimum Gasteiger partial charge on any atom is -0.507 e. The largest absolute Gasteiger partial charge is 0.507 e. The number of anilines is 1. The summed E-state index contributed by atoms with van der Waals surface area (Å²) in [5.74, 6) is -0.229. The fraction of sp³-hybridized carbons (Fsp3) is 0.130. The van der Waals surface area contributed by atoms with Gasteiger partial charge in [-0.25, -0.2) is 4.98 Å². The highest BCUT2D eigenvalue weighted by Gasteiger charge is 2.17. The van der Waals surface area contributed by atoms with E-state index in [9.17, 15) is 20.0 Å². The zero-order chi connectivity index (χ0) is 22.3. The third-order valence-electron chi connectivity index (χ3n) is 4.96. The Morgan fingerprint density at radius 2 is 1.84 bits per heavy atom. The molecule has 2 N–H and O–H groups in total. The van der Waals surface area contributed by atoms with Gasteiger partial charge >= 0.3 is 0 Å². The van der Waals surface area contributed by atoms with Gasteiger partial charge in [-0.15, -0.1) is 0 Å². The SMILES string of the molecule is Cc1cc(C)c2oc(-c3cc(NC(=O)c4ccc([N+](=O)[O-])c(C)c4)ccc3O)nc2c1. The molecule has 1 aromatic heterocycles. The predicted octanol–water partition coefficient (Wildman–Crippen LogP) is 5.29. The van der Waals surface area contributed by atoms with Gasteiger partial charge in [0.1, 0.15) is 11.3 Å². The van der Waals surface area contributed by atoms with Gasteiger partial charge in [-0.3, -0.25) is 14.9 Å². The highest BCUT2D eigenvalue weighted by atomic mass is 16.6. The van der Waals surface area contributed by atoms with Crippen molar-refractivity contribution >= 4 is 28.4 Å². The molecule has 4 rings (SSSR count). The molecule has 1 heterocycles. The third-order valence-corrected chi connectivity index (χ3v) is 4.96. The molecule has 31 heavy (non-hydrogen) atoms. The summed E-state index contributed by atoms with van der Waals surface area (Å²) in [6.45, 7) is 5.46. The van der Waals surface area contributed by atoms with Gasteiger partial charge in [0.15, 0.2) is 5.58 Å². The number of phenols is 1. The Kier molecular flexibility index (Phi) is 4.90. The number of nitrogens with one attached hydrogen (secondary N) is 1. The first-order chi connectivity index (χ1) is 14.7. The van der Waals surface area contributed by atoms with Gasteiger partial charge in [-0.1, -0.05) is 6.07 Å². The van der Waals surface area contributed by atoms with Gasteiger partial charge in [0.25, 0.3) is 11.6 Å². The summed E-state index contributed by atoms with van der Waals surface area (Å²) in [4.78, 5) is 27.6. The highest BCUT2D eigenvalue weighted by molar-refractivity contribution is 6.05. The van der Waals surface area contributed by atoms with Gasteiger partial charge in [-0.05, 0) is 68.3 Å². The van der Waals surface area contributed by atoms with E-state index in [4.69, 9.17) is 4.42 Å². The summed E-state index contributed by atoms with van der Waals surface area (Å²) in [5, 5.41) is 24.0. The minimum absolute atomic E-state index is 0.0369. The third kappa shape index (κ3) is 3.83. The molecule has 0 saturated heterocycles. The van der Waals surface area contributed by atoms with Crippen molar-refractivity contribution in [3.05, 3.63) is 80.9 Å². The molecule has 8 nitrogen and oxygen atoms in total. The van der Waals surface area contributed by atoms with Crippen molar-refractivity contribution in [2.45, 2.75) is 20.8 Å². The van der Waals surface area contributed by atoms with Crippen LogP contribution in [0, 0.1) is 30.9 Å². The number of rotatable bonds is 4. The lowest BCUT2D eigenvalue weighted by molar-refractivity contribution is -0.385. The van der Waals surface area contributed by atoms with Crippen LogP contribution in [-0.2, 0) is 0 Å². The first-order valence-corrected chi connectivity index (χ1v) is 9.50. The number of hydrogen-bond acceptors (Lipinski definition) is 6. The van der Waals surface area contributed by atoms with Crippen LogP contribution < -0.4 is 5.32 Å². The van der Waals surface area contributed by atoms with Crippen LogP contribution in [0.5, 0.6) is 5.75 Å². The molecule has 1 amide bonds. The highest BCUT2D eigenvalue weighted by Crippen LogP contribution is 2.34. The topological polar surface area (TPSA) is 118 Å². The Morgan fingerprint density at radius 1 is 1.06 bits per heavy atom. The van der Waals surface area contributed by atoms with Gasteiger partial charge in [0.05, 0.1) is 10.5 Å². The molecule has 0 atom stereocenters. The fourth-order valence-corrected chi connectivity index (χ4v) is 3.48. The standard InChI is InChI=1S/C23H19N3O5/c1-12-8-14(3)21-18(9-12)25-23(31-21)17-11-16(5-7-20(17)27)24-22(28)15-4-6-19(26(29)30)13(2)10-15/h4-11,27H,1-3H3,(H,24,28). The van der Waals surface area contributed by atoms with Crippen LogP contribution in [0.3, 0.4) is 0 Å². The minimum atomic E-state index is -0.493. The number of oxazole rings is 1. The van der Waals surface area contributed by atoms with Crippen molar-refractivity contribution in [3.8, 4) is 17.2 Å². The van der Waals surface area contributed by atoms with E-state index in [-0.39, 0.29) is 22.9 Å². The van der Waals surface area contributed by atoms with E-state index in [1.165, 1.54) is 24.3 Å². The number of phenolic OH excluding ortho intramolecular Hbond substituents is 1. The number of aromatic nitrogens is 1. The Labute approximate surface area is 177 Å². The lowest BCUT2D eigenvalue weighted by atomic mass is 10.1. The van der Waals surface area contributed by atoms with E-state index < -0.39 is 10.8 Å². The second-order valence-corrected chi connectivity index (χ2v) is 7.39. The number of hydrogen-bond donors (Lipinski definition) is 2. The number of nitro benzene ring substituents is 1. The molecule has 0 radical (unpaired) electrons.